The highest BCUT2D eigenvalue weighted by Crippen LogP contribution is 2.56. The van der Waals surface area contributed by atoms with Gasteiger partial charge >= 0.3 is 5.97 Å². The van der Waals surface area contributed by atoms with Gasteiger partial charge in [0.25, 0.3) is 5.91 Å². The van der Waals surface area contributed by atoms with E-state index in [1.807, 2.05) is 26.0 Å². The maximum Gasteiger partial charge on any atom is 0.308 e. The fourth-order valence-corrected chi connectivity index (χ4v) is 5.13. The number of aryl methyl sites for hydroxylation is 2. The normalized spacial score (nSPS) is 27.3. The second-order valence-electron chi connectivity index (χ2n) is 8.47. The van der Waals surface area contributed by atoms with Crippen molar-refractivity contribution in [2.24, 2.45) is 23.7 Å². The number of esters is 1. The van der Waals surface area contributed by atoms with E-state index in [4.69, 9.17) is 4.74 Å². The number of nitrogens with one attached hydrogen (secondary N) is 1. The van der Waals surface area contributed by atoms with Crippen LogP contribution in [0.3, 0.4) is 0 Å². The molecule has 1 aromatic rings. The van der Waals surface area contributed by atoms with Gasteiger partial charge in [-0.25, -0.2) is 0 Å². The van der Waals surface area contributed by atoms with Crippen LogP contribution in [-0.4, -0.2) is 41.7 Å². The molecule has 1 heterocycles. The van der Waals surface area contributed by atoms with Crippen molar-refractivity contribution in [3.63, 3.8) is 0 Å². The Balaban J connectivity index is 1.23. The molecule has 0 unspecified atom stereocenters. The molecule has 3 aliphatic rings. The zero-order valence-corrected chi connectivity index (χ0v) is 16.8. The molecule has 1 aromatic carbocycles. The first-order valence-corrected chi connectivity index (χ1v) is 10.2. The highest BCUT2D eigenvalue weighted by molar-refractivity contribution is 6.06. The van der Waals surface area contributed by atoms with Crippen LogP contribution in [-0.2, 0) is 23.9 Å². The molecule has 7 nitrogen and oxygen atoms in total. The molecule has 0 spiro atoms. The molecule has 3 amide bonds. The number of anilines is 1. The van der Waals surface area contributed by atoms with Crippen molar-refractivity contribution < 1.29 is 23.9 Å². The van der Waals surface area contributed by atoms with Crippen molar-refractivity contribution in [1.29, 1.82) is 0 Å². The lowest BCUT2D eigenvalue weighted by atomic mass is 9.81. The lowest BCUT2D eigenvalue weighted by Crippen LogP contribution is -2.35. The average Bonchev–Trinajstić information content (AvgIpc) is 3.36. The van der Waals surface area contributed by atoms with E-state index in [1.54, 1.807) is 6.07 Å². The summed E-state index contributed by atoms with van der Waals surface area (Å²) in [5, 5.41) is 2.69. The molecule has 7 heteroatoms. The Morgan fingerprint density at radius 2 is 1.72 bits per heavy atom. The fourth-order valence-electron chi connectivity index (χ4n) is 5.13. The van der Waals surface area contributed by atoms with Gasteiger partial charge in [-0.3, -0.25) is 24.1 Å². The number of ether oxygens (including phenoxy) is 1. The highest BCUT2D eigenvalue weighted by atomic mass is 16.5. The Kier molecular flexibility index (Phi) is 5.15. The third kappa shape index (κ3) is 3.66. The van der Waals surface area contributed by atoms with Gasteiger partial charge in [-0.1, -0.05) is 6.07 Å². The van der Waals surface area contributed by atoms with E-state index in [0.717, 1.165) is 30.4 Å². The number of imide groups is 1. The first-order valence-electron chi connectivity index (χ1n) is 10.2. The minimum absolute atomic E-state index is 0.0295. The highest BCUT2D eigenvalue weighted by Gasteiger charge is 2.60. The van der Waals surface area contributed by atoms with Crippen molar-refractivity contribution in [3.05, 3.63) is 29.3 Å². The van der Waals surface area contributed by atoms with Gasteiger partial charge in [0.1, 0.15) is 0 Å². The van der Waals surface area contributed by atoms with E-state index in [-0.39, 0.29) is 36.6 Å². The van der Waals surface area contributed by atoms with Crippen LogP contribution in [0.1, 0.15) is 36.8 Å². The summed E-state index contributed by atoms with van der Waals surface area (Å²) >= 11 is 0. The van der Waals surface area contributed by atoms with Crippen molar-refractivity contribution in [3.8, 4) is 0 Å². The average molecular weight is 398 g/mol. The van der Waals surface area contributed by atoms with Gasteiger partial charge in [0.15, 0.2) is 6.61 Å². The zero-order valence-electron chi connectivity index (χ0n) is 16.8. The molecule has 29 heavy (non-hydrogen) atoms. The number of hydrogen-bond acceptors (Lipinski definition) is 5. The van der Waals surface area contributed by atoms with Crippen LogP contribution < -0.4 is 5.32 Å². The Labute approximate surface area is 169 Å². The predicted octanol–water partition coefficient (Wildman–Crippen LogP) is 2.21. The lowest BCUT2D eigenvalue weighted by molar-refractivity contribution is -0.149. The number of carbonyl (C=O) groups excluding carboxylic acids is 4. The molecule has 154 valence electrons. The summed E-state index contributed by atoms with van der Waals surface area (Å²) in [6.07, 6.45) is 2.94. The quantitative estimate of drug-likeness (QED) is 0.586. The summed E-state index contributed by atoms with van der Waals surface area (Å²) in [7, 11) is 0. The van der Waals surface area contributed by atoms with Crippen LogP contribution >= 0.6 is 0 Å². The van der Waals surface area contributed by atoms with Gasteiger partial charge < -0.3 is 10.1 Å². The summed E-state index contributed by atoms with van der Waals surface area (Å²) in [6, 6.07) is 5.54. The van der Waals surface area contributed by atoms with E-state index in [0.29, 0.717) is 17.5 Å². The third-order valence-electron chi connectivity index (χ3n) is 6.71. The number of benzene rings is 1. The molecule has 1 N–H and O–H groups in total. The van der Waals surface area contributed by atoms with Crippen LogP contribution in [0.4, 0.5) is 5.69 Å². The summed E-state index contributed by atoms with van der Waals surface area (Å²) in [5.74, 6) is -0.996. The van der Waals surface area contributed by atoms with Gasteiger partial charge in [0.05, 0.1) is 18.3 Å². The molecule has 4 atom stereocenters. The minimum Gasteiger partial charge on any atom is -0.456 e. The fraction of sp³-hybridized carbons (Fsp3) is 0.545. The largest absolute Gasteiger partial charge is 0.456 e. The second-order valence-corrected chi connectivity index (χ2v) is 8.47. The number of likely N-dealkylation sites (tertiary alicyclic amines) is 1. The third-order valence-corrected chi connectivity index (χ3v) is 6.71. The monoisotopic (exact) mass is 398 g/mol. The molecule has 1 aliphatic heterocycles. The van der Waals surface area contributed by atoms with Crippen molar-refractivity contribution >= 4 is 29.4 Å². The summed E-state index contributed by atoms with van der Waals surface area (Å²) in [6.45, 7) is 3.56. The van der Waals surface area contributed by atoms with E-state index in [2.05, 4.69) is 5.32 Å². The first-order chi connectivity index (χ1) is 13.8. The first kappa shape index (κ1) is 19.6. The Morgan fingerprint density at radius 3 is 2.34 bits per heavy atom. The number of carbonyl (C=O) groups is 4. The lowest BCUT2D eigenvalue weighted by Gasteiger charge is -2.19. The molecule has 0 aromatic heterocycles. The molecule has 1 saturated heterocycles. The topological polar surface area (TPSA) is 92.8 Å². The van der Waals surface area contributed by atoms with Gasteiger partial charge in [-0.05, 0) is 68.2 Å². The van der Waals surface area contributed by atoms with Gasteiger partial charge in [-0.15, -0.1) is 0 Å². The standard InChI is InChI=1S/C22H26N2O5/c1-12-3-6-16(9-13(12)2)23-17(25)11-29-18(26)7-8-24-21(27)19-14-4-5-15(10-14)20(19)22(24)28/h3,6,9,14-15,19-20H,4-5,7-8,10-11H2,1-2H3,(H,23,25)/t14-,15-,19+,20+/m0/s1. The second kappa shape index (κ2) is 7.61. The molecule has 0 radical (unpaired) electrons. The van der Waals surface area contributed by atoms with E-state index < -0.39 is 18.5 Å². The van der Waals surface area contributed by atoms with Gasteiger partial charge in [0.2, 0.25) is 11.8 Å². The molecular formula is C22H26N2O5. The number of fused-ring (bicyclic) bond motifs is 5. The van der Waals surface area contributed by atoms with Crippen LogP contribution in [0.25, 0.3) is 0 Å². The Morgan fingerprint density at radius 1 is 1.07 bits per heavy atom. The smallest absolute Gasteiger partial charge is 0.308 e. The number of amides is 3. The molecule has 2 aliphatic carbocycles. The predicted molar refractivity (Wildman–Crippen MR) is 105 cm³/mol. The van der Waals surface area contributed by atoms with E-state index in [1.165, 1.54) is 4.90 Å². The van der Waals surface area contributed by atoms with Crippen molar-refractivity contribution in [2.75, 3.05) is 18.5 Å². The summed E-state index contributed by atoms with van der Waals surface area (Å²) < 4.78 is 5.01. The summed E-state index contributed by atoms with van der Waals surface area (Å²) in [4.78, 5) is 50.4. The van der Waals surface area contributed by atoms with Gasteiger partial charge in [0, 0.05) is 12.2 Å². The number of hydrogen-bond donors (Lipinski definition) is 1. The van der Waals surface area contributed by atoms with Crippen molar-refractivity contribution in [1.82, 2.24) is 4.90 Å². The minimum atomic E-state index is -0.596. The molecule has 2 bridgehead atoms. The molecule has 2 saturated carbocycles. The Bertz CT molecular complexity index is 852. The van der Waals surface area contributed by atoms with Crippen LogP contribution in [0.2, 0.25) is 0 Å². The van der Waals surface area contributed by atoms with Crippen LogP contribution in [0.15, 0.2) is 18.2 Å². The van der Waals surface area contributed by atoms with Crippen LogP contribution in [0.5, 0.6) is 0 Å². The molecule has 3 fully saturated rings. The molecule has 4 rings (SSSR count). The van der Waals surface area contributed by atoms with E-state index >= 15 is 0 Å². The summed E-state index contributed by atoms with van der Waals surface area (Å²) in [5.41, 5.74) is 2.82. The number of nitrogens with zero attached hydrogens (tertiary/aromatic N) is 1. The molecular weight excluding hydrogens is 372 g/mol. The SMILES string of the molecule is Cc1ccc(NC(=O)COC(=O)CCN2C(=O)[C@@H]3[C@H]4CC[C@@H](C4)[C@H]3C2=O)cc1C. The zero-order chi connectivity index (χ0) is 20.7. The maximum absolute atomic E-state index is 12.6. The van der Waals surface area contributed by atoms with Crippen molar-refractivity contribution in [2.45, 2.75) is 39.5 Å². The maximum atomic E-state index is 12.6. The van der Waals surface area contributed by atoms with Crippen LogP contribution in [0, 0.1) is 37.5 Å². The van der Waals surface area contributed by atoms with Gasteiger partial charge in [-0.2, -0.15) is 0 Å². The number of rotatable bonds is 6. The van der Waals surface area contributed by atoms with E-state index in [9.17, 15) is 19.2 Å². The Hall–Kier alpha value is -2.70.